The van der Waals surface area contributed by atoms with Crippen LogP contribution in [0.1, 0.15) is 12.0 Å². The maximum absolute atomic E-state index is 5.69. The molecule has 1 aliphatic rings. The average molecular weight is 299 g/mol. The van der Waals surface area contributed by atoms with Gasteiger partial charge in [-0.2, -0.15) is 0 Å². The van der Waals surface area contributed by atoms with Crippen molar-refractivity contribution in [3.63, 3.8) is 0 Å². The first kappa shape index (κ1) is 12.9. The predicted molar refractivity (Wildman–Crippen MR) is 74.5 cm³/mol. The molecule has 3 nitrogen and oxygen atoms in total. The Morgan fingerprint density at radius 3 is 3.06 bits per heavy atom. The minimum Gasteiger partial charge on any atom is -0.374 e. The number of benzene rings is 1. The van der Waals surface area contributed by atoms with Gasteiger partial charge in [-0.1, -0.05) is 15.9 Å². The van der Waals surface area contributed by atoms with E-state index in [2.05, 4.69) is 46.0 Å². The van der Waals surface area contributed by atoms with Gasteiger partial charge in [0.25, 0.3) is 0 Å². The van der Waals surface area contributed by atoms with Crippen LogP contribution in [-0.4, -0.2) is 32.3 Å². The zero-order valence-electron chi connectivity index (χ0n) is 10.2. The number of hydrogen-bond acceptors (Lipinski definition) is 3. The van der Waals surface area contributed by atoms with E-state index in [0.717, 1.165) is 30.6 Å². The summed E-state index contributed by atoms with van der Waals surface area (Å²) in [4.78, 5) is 2.38. The molecule has 0 radical (unpaired) electrons. The Morgan fingerprint density at radius 2 is 2.35 bits per heavy atom. The number of nitrogens with zero attached hydrogens (tertiary/aromatic N) is 1. The summed E-state index contributed by atoms with van der Waals surface area (Å²) in [7, 11) is 0. The third kappa shape index (κ3) is 3.21. The molecule has 0 amide bonds. The van der Waals surface area contributed by atoms with Crippen LogP contribution in [0.2, 0.25) is 0 Å². The van der Waals surface area contributed by atoms with Crippen LogP contribution in [0.4, 0.5) is 5.69 Å². The number of nitrogens with two attached hydrogens (primary N) is 1. The smallest absolute Gasteiger partial charge is 0.0762 e. The summed E-state index contributed by atoms with van der Waals surface area (Å²) in [5, 5.41) is 0. The van der Waals surface area contributed by atoms with E-state index >= 15 is 0 Å². The molecule has 1 saturated heterocycles. The van der Waals surface area contributed by atoms with E-state index in [0.29, 0.717) is 6.54 Å². The summed E-state index contributed by atoms with van der Waals surface area (Å²) in [6, 6.07) is 6.48. The van der Waals surface area contributed by atoms with Gasteiger partial charge in [0.15, 0.2) is 0 Å². The van der Waals surface area contributed by atoms with Gasteiger partial charge < -0.3 is 15.4 Å². The molecule has 1 aliphatic heterocycles. The average Bonchev–Trinajstić information content (AvgIpc) is 2.33. The molecule has 17 heavy (non-hydrogen) atoms. The molecule has 1 fully saturated rings. The van der Waals surface area contributed by atoms with Crippen molar-refractivity contribution in [3.05, 3.63) is 28.2 Å². The Bertz CT molecular complexity index is 382. The van der Waals surface area contributed by atoms with Crippen molar-refractivity contribution in [1.82, 2.24) is 0 Å². The van der Waals surface area contributed by atoms with Crippen molar-refractivity contribution in [2.75, 3.05) is 31.1 Å². The Hall–Kier alpha value is -0.580. The molecule has 94 valence electrons. The van der Waals surface area contributed by atoms with E-state index in [1.807, 2.05) is 0 Å². The lowest BCUT2D eigenvalue weighted by molar-refractivity contribution is 0.0369. The highest BCUT2D eigenvalue weighted by molar-refractivity contribution is 9.10. The number of aryl methyl sites for hydroxylation is 1. The lowest BCUT2D eigenvalue weighted by Crippen LogP contribution is -2.43. The molecular formula is C13H19BrN2O. The van der Waals surface area contributed by atoms with Crippen LogP contribution in [-0.2, 0) is 4.74 Å². The Labute approximate surface area is 111 Å². The van der Waals surface area contributed by atoms with Gasteiger partial charge in [0.2, 0.25) is 0 Å². The number of halogens is 1. The molecule has 1 heterocycles. The summed E-state index contributed by atoms with van der Waals surface area (Å²) < 4.78 is 6.85. The first-order chi connectivity index (χ1) is 8.20. The third-order valence-corrected chi connectivity index (χ3v) is 4.02. The second-order valence-corrected chi connectivity index (χ2v) is 5.30. The van der Waals surface area contributed by atoms with Crippen LogP contribution < -0.4 is 10.6 Å². The molecule has 1 unspecified atom stereocenters. The SMILES string of the molecule is Cc1cc(N2CCOC(CCN)C2)ccc1Br. The molecule has 0 saturated carbocycles. The van der Waals surface area contributed by atoms with E-state index in [1.165, 1.54) is 11.3 Å². The molecule has 1 aromatic rings. The van der Waals surface area contributed by atoms with Crippen molar-refractivity contribution >= 4 is 21.6 Å². The van der Waals surface area contributed by atoms with Crippen LogP contribution in [0.5, 0.6) is 0 Å². The Balaban J connectivity index is 2.08. The van der Waals surface area contributed by atoms with Crippen molar-refractivity contribution < 1.29 is 4.74 Å². The largest absolute Gasteiger partial charge is 0.374 e. The van der Waals surface area contributed by atoms with Crippen molar-refractivity contribution in [2.45, 2.75) is 19.4 Å². The van der Waals surface area contributed by atoms with Gasteiger partial charge >= 0.3 is 0 Å². The molecule has 0 aliphatic carbocycles. The highest BCUT2D eigenvalue weighted by Gasteiger charge is 2.20. The maximum Gasteiger partial charge on any atom is 0.0762 e. The van der Waals surface area contributed by atoms with Crippen LogP contribution >= 0.6 is 15.9 Å². The summed E-state index contributed by atoms with van der Waals surface area (Å²) >= 11 is 3.53. The van der Waals surface area contributed by atoms with Crippen LogP contribution in [0.3, 0.4) is 0 Å². The minimum atomic E-state index is 0.276. The zero-order chi connectivity index (χ0) is 12.3. The standard InChI is InChI=1S/C13H19BrN2O/c1-10-8-11(2-3-13(10)14)16-6-7-17-12(9-16)4-5-15/h2-3,8,12H,4-7,9,15H2,1H3. The molecule has 0 bridgehead atoms. The summed E-state index contributed by atoms with van der Waals surface area (Å²) in [6.45, 7) is 5.50. The van der Waals surface area contributed by atoms with Crippen molar-refractivity contribution in [3.8, 4) is 0 Å². The van der Waals surface area contributed by atoms with Gasteiger partial charge in [0.05, 0.1) is 12.7 Å². The number of ether oxygens (including phenoxy) is 1. The first-order valence-electron chi connectivity index (χ1n) is 6.03. The van der Waals surface area contributed by atoms with Crippen LogP contribution in [0.25, 0.3) is 0 Å². The highest BCUT2D eigenvalue weighted by atomic mass is 79.9. The van der Waals surface area contributed by atoms with Gasteiger partial charge in [-0.25, -0.2) is 0 Å². The monoisotopic (exact) mass is 298 g/mol. The quantitative estimate of drug-likeness (QED) is 0.931. The molecule has 1 aromatic carbocycles. The summed E-state index contributed by atoms with van der Waals surface area (Å²) in [5.41, 5.74) is 8.12. The van der Waals surface area contributed by atoms with E-state index in [9.17, 15) is 0 Å². The van der Waals surface area contributed by atoms with Crippen LogP contribution in [0, 0.1) is 6.92 Å². The number of morpholine rings is 1. The van der Waals surface area contributed by atoms with Gasteiger partial charge in [0.1, 0.15) is 0 Å². The lowest BCUT2D eigenvalue weighted by atomic mass is 10.1. The molecule has 4 heteroatoms. The molecule has 2 rings (SSSR count). The van der Waals surface area contributed by atoms with E-state index in [1.54, 1.807) is 0 Å². The topological polar surface area (TPSA) is 38.5 Å². The Kier molecular flexibility index (Phi) is 4.42. The third-order valence-electron chi connectivity index (χ3n) is 3.13. The first-order valence-corrected chi connectivity index (χ1v) is 6.83. The molecule has 1 atom stereocenters. The van der Waals surface area contributed by atoms with Crippen LogP contribution in [0.15, 0.2) is 22.7 Å². The van der Waals surface area contributed by atoms with Gasteiger partial charge in [-0.05, 0) is 43.7 Å². The normalized spacial score (nSPS) is 20.6. The number of rotatable bonds is 3. The Morgan fingerprint density at radius 1 is 1.53 bits per heavy atom. The van der Waals surface area contributed by atoms with Crippen molar-refractivity contribution in [1.29, 1.82) is 0 Å². The molecule has 0 spiro atoms. The van der Waals surface area contributed by atoms with E-state index in [-0.39, 0.29) is 6.10 Å². The van der Waals surface area contributed by atoms with Gasteiger partial charge in [-0.3, -0.25) is 0 Å². The van der Waals surface area contributed by atoms with Crippen molar-refractivity contribution in [2.24, 2.45) is 5.73 Å². The number of anilines is 1. The van der Waals surface area contributed by atoms with Gasteiger partial charge in [-0.15, -0.1) is 0 Å². The fourth-order valence-electron chi connectivity index (χ4n) is 2.14. The molecule has 2 N–H and O–H groups in total. The fourth-order valence-corrected chi connectivity index (χ4v) is 2.39. The second kappa shape index (κ2) is 5.85. The maximum atomic E-state index is 5.69. The zero-order valence-corrected chi connectivity index (χ0v) is 11.7. The molecular weight excluding hydrogens is 280 g/mol. The summed E-state index contributed by atoms with van der Waals surface area (Å²) in [5.74, 6) is 0. The second-order valence-electron chi connectivity index (χ2n) is 4.45. The van der Waals surface area contributed by atoms with Gasteiger partial charge in [0, 0.05) is 23.2 Å². The molecule has 0 aromatic heterocycles. The fraction of sp³-hybridized carbons (Fsp3) is 0.538. The predicted octanol–water partition coefficient (Wildman–Crippen LogP) is 2.31. The van der Waals surface area contributed by atoms with E-state index < -0.39 is 0 Å². The highest BCUT2D eigenvalue weighted by Crippen LogP contribution is 2.24. The number of hydrogen-bond donors (Lipinski definition) is 1. The lowest BCUT2D eigenvalue weighted by Gasteiger charge is -2.34. The minimum absolute atomic E-state index is 0.276. The van der Waals surface area contributed by atoms with E-state index in [4.69, 9.17) is 10.5 Å². The summed E-state index contributed by atoms with van der Waals surface area (Å²) in [6.07, 6.45) is 1.21.